The highest BCUT2D eigenvalue weighted by molar-refractivity contribution is 6.33. The van der Waals surface area contributed by atoms with E-state index >= 15 is 0 Å². The van der Waals surface area contributed by atoms with E-state index in [1.165, 1.54) is 0 Å². The first-order valence-corrected chi connectivity index (χ1v) is 8.62. The van der Waals surface area contributed by atoms with Gasteiger partial charge < -0.3 is 14.9 Å². The summed E-state index contributed by atoms with van der Waals surface area (Å²) in [5, 5.41) is 15.5. The average molecular weight is 400 g/mol. The predicted molar refractivity (Wildman–Crippen MR) is 105 cm³/mol. The van der Waals surface area contributed by atoms with Crippen molar-refractivity contribution >= 4 is 23.5 Å². The molecule has 0 aliphatic heterocycles. The number of carboxylic acid groups (broad SMARTS) is 2. The van der Waals surface area contributed by atoms with Gasteiger partial charge in [0.2, 0.25) is 0 Å². The van der Waals surface area contributed by atoms with E-state index < -0.39 is 11.9 Å². The van der Waals surface area contributed by atoms with Crippen LogP contribution in [0.3, 0.4) is 0 Å². The molecule has 7 heteroatoms. The van der Waals surface area contributed by atoms with Gasteiger partial charge in [-0.15, -0.1) is 0 Å². The minimum Gasteiger partial charge on any atom is -0.473 e. The lowest BCUT2D eigenvalue weighted by Crippen LogP contribution is -2.09. The molecular weight excluding hydrogens is 382 g/mol. The molecule has 0 aliphatic carbocycles. The number of carbonyl (C=O) groups is 2. The van der Waals surface area contributed by atoms with Crippen LogP contribution in [0.5, 0.6) is 0 Å². The first-order chi connectivity index (χ1) is 13.5. The number of rotatable bonds is 5. The topological polar surface area (TPSA) is 96.7 Å². The van der Waals surface area contributed by atoms with Crippen molar-refractivity contribution in [3.05, 3.63) is 89.2 Å². The fourth-order valence-corrected chi connectivity index (χ4v) is 2.58. The molecule has 0 fully saturated rings. The van der Waals surface area contributed by atoms with Gasteiger partial charge >= 0.3 is 11.9 Å². The van der Waals surface area contributed by atoms with Gasteiger partial charge in [0.05, 0.1) is 13.2 Å². The van der Waals surface area contributed by atoms with Crippen molar-refractivity contribution in [3.63, 3.8) is 0 Å². The predicted octanol–water partition coefficient (Wildman–Crippen LogP) is 4.27. The van der Waals surface area contributed by atoms with Crippen molar-refractivity contribution in [1.29, 1.82) is 0 Å². The SMILES string of the molecule is Clc1cc(COCc2cccnc2)ccc1-c1ccccc1.O=C(O)C(=O)O. The summed E-state index contributed by atoms with van der Waals surface area (Å²) < 4.78 is 5.71. The van der Waals surface area contributed by atoms with E-state index in [1.807, 2.05) is 48.7 Å². The molecule has 0 amide bonds. The van der Waals surface area contributed by atoms with Crippen LogP contribution in [0.15, 0.2) is 73.1 Å². The maximum Gasteiger partial charge on any atom is 0.414 e. The van der Waals surface area contributed by atoms with Gasteiger partial charge in [-0.25, -0.2) is 9.59 Å². The van der Waals surface area contributed by atoms with E-state index in [2.05, 4.69) is 23.2 Å². The Morgan fingerprint density at radius 1 is 0.893 bits per heavy atom. The van der Waals surface area contributed by atoms with Gasteiger partial charge in [-0.1, -0.05) is 60.1 Å². The summed E-state index contributed by atoms with van der Waals surface area (Å²) in [5.74, 6) is -3.65. The molecule has 0 saturated carbocycles. The Kier molecular flexibility index (Phi) is 8.14. The molecule has 0 spiro atoms. The van der Waals surface area contributed by atoms with Crippen LogP contribution in [0, 0.1) is 0 Å². The van der Waals surface area contributed by atoms with E-state index in [0.717, 1.165) is 27.3 Å². The Balaban J connectivity index is 0.000000409. The molecule has 3 rings (SSSR count). The smallest absolute Gasteiger partial charge is 0.414 e. The van der Waals surface area contributed by atoms with Crippen LogP contribution in [-0.2, 0) is 27.5 Å². The Morgan fingerprint density at radius 3 is 2.14 bits per heavy atom. The van der Waals surface area contributed by atoms with E-state index in [0.29, 0.717) is 13.2 Å². The van der Waals surface area contributed by atoms with Gasteiger partial charge in [-0.2, -0.15) is 0 Å². The molecular formula is C21H18ClNO5. The van der Waals surface area contributed by atoms with Crippen LogP contribution in [0.2, 0.25) is 5.02 Å². The molecule has 6 nitrogen and oxygen atoms in total. The summed E-state index contributed by atoms with van der Waals surface area (Å²) in [6.45, 7) is 1.08. The Labute approximate surface area is 167 Å². The zero-order chi connectivity index (χ0) is 20.4. The molecule has 2 N–H and O–H groups in total. The van der Waals surface area contributed by atoms with E-state index in [-0.39, 0.29) is 0 Å². The number of benzene rings is 2. The van der Waals surface area contributed by atoms with Crippen molar-refractivity contribution in [2.24, 2.45) is 0 Å². The fraction of sp³-hybridized carbons (Fsp3) is 0.0952. The third-order valence-corrected chi connectivity index (χ3v) is 3.87. The highest BCUT2D eigenvalue weighted by atomic mass is 35.5. The van der Waals surface area contributed by atoms with Gasteiger partial charge in [0.25, 0.3) is 0 Å². The van der Waals surface area contributed by atoms with Crippen LogP contribution in [0.25, 0.3) is 11.1 Å². The second kappa shape index (κ2) is 10.8. The zero-order valence-electron chi connectivity index (χ0n) is 14.8. The number of pyridine rings is 1. The van der Waals surface area contributed by atoms with E-state index in [4.69, 9.17) is 36.1 Å². The second-order valence-corrected chi connectivity index (χ2v) is 6.05. The lowest BCUT2D eigenvalue weighted by molar-refractivity contribution is -0.159. The number of carboxylic acids is 2. The molecule has 144 valence electrons. The van der Waals surface area contributed by atoms with Crippen LogP contribution < -0.4 is 0 Å². The third kappa shape index (κ3) is 6.83. The number of halogens is 1. The Bertz CT molecular complexity index is 905. The minimum absolute atomic E-state index is 0.531. The molecule has 2 aromatic carbocycles. The molecule has 28 heavy (non-hydrogen) atoms. The van der Waals surface area contributed by atoms with Gasteiger partial charge in [0.1, 0.15) is 0 Å². The van der Waals surface area contributed by atoms with Gasteiger partial charge in [0.15, 0.2) is 0 Å². The Morgan fingerprint density at radius 2 is 1.57 bits per heavy atom. The summed E-state index contributed by atoms with van der Waals surface area (Å²) in [4.78, 5) is 22.3. The summed E-state index contributed by atoms with van der Waals surface area (Å²) in [5.41, 5.74) is 4.29. The number of aromatic nitrogens is 1. The second-order valence-electron chi connectivity index (χ2n) is 5.64. The molecule has 0 saturated heterocycles. The maximum absolute atomic E-state index is 9.10. The maximum atomic E-state index is 9.10. The first kappa shape index (κ1) is 21.1. The number of aliphatic carboxylic acids is 2. The largest absolute Gasteiger partial charge is 0.473 e. The summed E-state index contributed by atoms with van der Waals surface area (Å²) in [6.07, 6.45) is 3.57. The van der Waals surface area contributed by atoms with Gasteiger partial charge in [-0.05, 0) is 28.8 Å². The third-order valence-electron chi connectivity index (χ3n) is 3.56. The fourth-order valence-electron chi connectivity index (χ4n) is 2.27. The molecule has 0 atom stereocenters. The quantitative estimate of drug-likeness (QED) is 0.622. The van der Waals surface area contributed by atoms with Crippen molar-refractivity contribution in [2.45, 2.75) is 13.2 Å². The summed E-state index contributed by atoms with van der Waals surface area (Å²) in [7, 11) is 0. The molecule has 1 aromatic heterocycles. The normalized spacial score (nSPS) is 9.89. The van der Waals surface area contributed by atoms with Gasteiger partial charge in [0, 0.05) is 23.0 Å². The number of ether oxygens (including phenoxy) is 1. The molecule has 0 radical (unpaired) electrons. The molecule has 3 aromatic rings. The van der Waals surface area contributed by atoms with Crippen molar-refractivity contribution in [2.75, 3.05) is 0 Å². The van der Waals surface area contributed by atoms with Crippen molar-refractivity contribution in [1.82, 2.24) is 4.98 Å². The summed E-state index contributed by atoms with van der Waals surface area (Å²) in [6, 6.07) is 20.1. The average Bonchev–Trinajstić information content (AvgIpc) is 2.70. The van der Waals surface area contributed by atoms with Crippen molar-refractivity contribution in [3.8, 4) is 11.1 Å². The standard InChI is InChI=1S/C19H16ClNO.C2H2O4/c20-19-11-15(13-22-14-16-5-4-10-21-12-16)8-9-18(19)17-6-2-1-3-7-17;3-1(4)2(5)6/h1-12H,13-14H2;(H,3,4)(H,5,6). The van der Waals surface area contributed by atoms with Crippen LogP contribution >= 0.6 is 11.6 Å². The number of hydrogen-bond acceptors (Lipinski definition) is 4. The van der Waals surface area contributed by atoms with Crippen LogP contribution in [0.4, 0.5) is 0 Å². The van der Waals surface area contributed by atoms with E-state index in [1.54, 1.807) is 6.20 Å². The lowest BCUT2D eigenvalue weighted by Gasteiger charge is -2.08. The molecule has 0 aliphatic rings. The minimum atomic E-state index is -1.82. The van der Waals surface area contributed by atoms with Crippen LogP contribution in [0.1, 0.15) is 11.1 Å². The lowest BCUT2D eigenvalue weighted by atomic mass is 10.0. The Hall–Kier alpha value is -3.22. The van der Waals surface area contributed by atoms with Crippen LogP contribution in [-0.4, -0.2) is 27.1 Å². The highest BCUT2D eigenvalue weighted by Gasteiger charge is 2.05. The zero-order valence-corrected chi connectivity index (χ0v) is 15.5. The van der Waals surface area contributed by atoms with Crippen molar-refractivity contribution < 1.29 is 24.5 Å². The summed E-state index contributed by atoms with van der Waals surface area (Å²) >= 11 is 6.39. The first-order valence-electron chi connectivity index (χ1n) is 8.24. The molecule has 0 unspecified atom stereocenters. The molecule has 0 bridgehead atoms. The van der Waals surface area contributed by atoms with E-state index in [9.17, 15) is 0 Å². The number of nitrogens with zero attached hydrogens (tertiary/aromatic N) is 1. The molecule has 1 heterocycles. The monoisotopic (exact) mass is 399 g/mol. The highest BCUT2D eigenvalue weighted by Crippen LogP contribution is 2.28. The number of hydrogen-bond donors (Lipinski definition) is 2. The van der Waals surface area contributed by atoms with Gasteiger partial charge in [-0.3, -0.25) is 4.98 Å².